The fourth-order valence-corrected chi connectivity index (χ4v) is 5.75. The van der Waals surface area contributed by atoms with Crippen LogP contribution in [0.25, 0.3) is 0 Å². The zero-order valence-corrected chi connectivity index (χ0v) is 25.2. The fraction of sp³-hybridized carbons (Fsp3) is 0.567. The second-order valence-corrected chi connectivity index (χ2v) is 12.6. The molecule has 3 heterocycles. The zero-order valence-electron chi connectivity index (χ0n) is 24.4. The number of carbonyl (C=O) groups is 2. The minimum Gasteiger partial charge on any atom is -0.444 e. The molecule has 228 valence electrons. The van der Waals surface area contributed by atoms with Crippen LogP contribution in [0, 0.1) is 16.0 Å². The van der Waals surface area contributed by atoms with Crippen molar-refractivity contribution in [2.24, 2.45) is 5.92 Å². The number of amides is 2. The lowest BCUT2D eigenvalue weighted by Gasteiger charge is -2.38. The number of anilines is 2. The standard InChI is InChI=1S/C30H39ClFN5O5/c1-29(2,3)42-28(39)36-18-14-30(32,15-19-36)13-5-6-21-11-16-35(17-12-21)24-20-22(37(40)41)9-10-23(24)27(38)34-26-8-4-7-25(31)33-26/h4,7-10,20-21H,5-6,11-19H2,1-3H3,(H,33,34,38). The first kappa shape index (κ1) is 31.5. The molecule has 0 unspecified atom stereocenters. The minimum absolute atomic E-state index is 0.0875. The first-order valence-corrected chi connectivity index (χ1v) is 14.8. The van der Waals surface area contributed by atoms with Crippen molar-refractivity contribution in [3.05, 3.63) is 57.2 Å². The number of nitrogens with one attached hydrogen (secondary N) is 1. The average Bonchev–Trinajstić information content (AvgIpc) is 2.92. The topological polar surface area (TPSA) is 118 Å². The van der Waals surface area contributed by atoms with Crippen molar-refractivity contribution >= 4 is 40.8 Å². The van der Waals surface area contributed by atoms with Crippen LogP contribution in [0.15, 0.2) is 36.4 Å². The van der Waals surface area contributed by atoms with Crippen LogP contribution in [0.1, 0.15) is 76.1 Å². The lowest BCUT2D eigenvalue weighted by Crippen LogP contribution is -2.46. The van der Waals surface area contributed by atoms with Crippen molar-refractivity contribution in [1.29, 1.82) is 0 Å². The van der Waals surface area contributed by atoms with Gasteiger partial charge in [0.05, 0.1) is 16.2 Å². The van der Waals surface area contributed by atoms with Gasteiger partial charge in [0.25, 0.3) is 11.6 Å². The number of likely N-dealkylation sites (tertiary alicyclic amines) is 1. The molecule has 2 fully saturated rings. The van der Waals surface area contributed by atoms with Crippen molar-refractivity contribution in [1.82, 2.24) is 9.88 Å². The molecule has 10 nitrogen and oxygen atoms in total. The molecule has 1 aromatic carbocycles. The van der Waals surface area contributed by atoms with Gasteiger partial charge in [0.15, 0.2) is 0 Å². The Morgan fingerprint density at radius 2 is 1.86 bits per heavy atom. The van der Waals surface area contributed by atoms with Gasteiger partial charge in [-0.25, -0.2) is 14.2 Å². The number of aromatic nitrogens is 1. The van der Waals surface area contributed by atoms with E-state index in [2.05, 4.69) is 10.3 Å². The maximum Gasteiger partial charge on any atom is 0.410 e. The van der Waals surface area contributed by atoms with Crippen molar-refractivity contribution < 1.29 is 23.6 Å². The predicted molar refractivity (Wildman–Crippen MR) is 160 cm³/mol. The van der Waals surface area contributed by atoms with Crippen molar-refractivity contribution in [2.75, 3.05) is 36.4 Å². The quantitative estimate of drug-likeness (QED) is 0.196. The highest BCUT2D eigenvalue weighted by atomic mass is 35.5. The summed E-state index contributed by atoms with van der Waals surface area (Å²) < 4.78 is 20.9. The number of alkyl halides is 1. The first-order valence-electron chi connectivity index (χ1n) is 14.5. The summed E-state index contributed by atoms with van der Waals surface area (Å²) in [5.74, 6) is 0.262. The van der Waals surface area contributed by atoms with Crippen molar-refractivity contribution in [2.45, 2.75) is 77.0 Å². The number of nitro benzene ring substituents is 1. The van der Waals surface area contributed by atoms with E-state index < -0.39 is 22.1 Å². The summed E-state index contributed by atoms with van der Waals surface area (Å²) in [7, 11) is 0. The van der Waals surface area contributed by atoms with Crippen molar-refractivity contribution in [3.8, 4) is 0 Å². The van der Waals surface area contributed by atoms with E-state index >= 15 is 4.39 Å². The summed E-state index contributed by atoms with van der Waals surface area (Å²) in [5, 5.41) is 14.4. The van der Waals surface area contributed by atoms with Gasteiger partial charge >= 0.3 is 6.09 Å². The minimum atomic E-state index is -1.28. The summed E-state index contributed by atoms with van der Waals surface area (Å²) in [6, 6.07) is 9.12. The van der Waals surface area contributed by atoms with E-state index in [4.69, 9.17) is 16.3 Å². The molecule has 2 amide bonds. The SMILES string of the molecule is CC(C)(C)OC(=O)N1CCC(F)(CCCC2CCN(c3cc([N+](=O)[O-])ccc3C(=O)Nc3cccc(Cl)n3)CC2)CC1. The molecule has 2 saturated heterocycles. The third-order valence-corrected chi connectivity index (χ3v) is 8.11. The largest absolute Gasteiger partial charge is 0.444 e. The average molecular weight is 604 g/mol. The van der Waals surface area contributed by atoms with E-state index in [1.54, 1.807) is 23.1 Å². The van der Waals surface area contributed by atoms with Gasteiger partial charge < -0.3 is 19.9 Å². The Morgan fingerprint density at radius 3 is 2.48 bits per heavy atom. The molecule has 0 spiro atoms. The van der Waals surface area contributed by atoms with Crippen LogP contribution in [-0.4, -0.2) is 64.3 Å². The van der Waals surface area contributed by atoms with E-state index in [0.717, 1.165) is 25.7 Å². The Balaban J connectivity index is 1.29. The third kappa shape index (κ3) is 8.53. The molecule has 2 aromatic rings. The summed E-state index contributed by atoms with van der Waals surface area (Å²) in [6.45, 7) is 7.43. The number of nitrogens with zero attached hydrogens (tertiary/aromatic N) is 4. The van der Waals surface area contributed by atoms with Gasteiger partial charge in [-0.1, -0.05) is 24.1 Å². The molecule has 0 atom stereocenters. The second kappa shape index (κ2) is 13.2. The molecule has 1 N–H and O–H groups in total. The lowest BCUT2D eigenvalue weighted by atomic mass is 9.85. The smallest absolute Gasteiger partial charge is 0.410 e. The summed E-state index contributed by atoms with van der Waals surface area (Å²) in [6.07, 6.45) is 4.02. The Labute approximate surface area is 250 Å². The van der Waals surface area contributed by atoms with Crippen LogP contribution in [-0.2, 0) is 4.74 Å². The van der Waals surface area contributed by atoms with Crippen LogP contribution in [0.5, 0.6) is 0 Å². The lowest BCUT2D eigenvalue weighted by molar-refractivity contribution is -0.384. The number of benzene rings is 1. The van der Waals surface area contributed by atoms with E-state index in [0.29, 0.717) is 62.6 Å². The van der Waals surface area contributed by atoms with Gasteiger partial charge in [0.2, 0.25) is 0 Å². The van der Waals surface area contributed by atoms with E-state index in [1.807, 2.05) is 25.7 Å². The van der Waals surface area contributed by atoms with Gasteiger partial charge in [-0.2, -0.15) is 0 Å². The summed E-state index contributed by atoms with van der Waals surface area (Å²) >= 11 is 5.94. The number of pyridine rings is 1. The Morgan fingerprint density at radius 1 is 1.17 bits per heavy atom. The van der Waals surface area contributed by atoms with E-state index in [9.17, 15) is 19.7 Å². The Kier molecular flexibility index (Phi) is 9.91. The Hall–Kier alpha value is -3.47. The molecule has 4 rings (SSSR count). The highest BCUT2D eigenvalue weighted by Crippen LogP contribution is 2.35. The second-order valence-electron chi connectivity index (χ2n) is 12.2. The van der Waals surface area contributed by atoms with Crippen LogP contribution in [0.2, 0.25) is 5.15 Å². The van der Waals surface area contributed by atoms with Crippen LogP contribution in [0.4, 0.5) is 26.4 Å². The van der Waals surface area contributed by atoms with E-state index in [-0.39, 0.29) is 22.8 Å². The van der Waals surface area contributed by atoms with Crippen LogP contribution >= 0.6 is 11.6 Å². The third-order valence-electron chi connectivity index (χ3n) is 7.90. The number of carbonyl (C=O) groups excluding carboxylic acids is 2. The van der Waals surface area contributed by atoms with Crippen LogP contribution in [0.3, 0.4) is 0 Å². The number of halogens is 2. The maximum atomic E-state index is 15.5. The molecule has 1 aromatic heterocycles. The van der Waals surface area contributed by atoms with Gasteiger partial charge in [-0.05, 0) is 83.4 Å². The number of hydrogen-bond acceptors (Lipinski definition) is 7. The zero-order chi connectivity index (χ0) is 30.5. The Bertz CT molecular complexity index is 1290. The number of rotatable bonds is 8. The van der Waals surface area contributed by atoms with Crippen LogP contribution < -0.4 is 10.2 Å². The maximum absolute atomic E-state index is 15.5. The number of nitro groups is 1. The van der Waals surface area contributed by atoms with Gasteiger partial charge in [0.1, 0.15) is 22.2 Å². The first-order chi connectivity index (χ1) is 19.8. The predicted octanol–water partition coefficient (Wildman–Crippen LogP) is 7.02. The number of non-ortho nitro benzene ring substituents is 1. The highest BCUT2D eigenvalue weighted by Gasteiger charge is 2.37. The van der Waals surface area contributed by atoms with Gasteiger partial charge in [-0.3, -0.25) is 14.9 Å². The fourth-order valence-electron chi connectivity index (χ4n) is 5.59. The normalized spacial score (nSPS) is 17.5. The molecule has 2 aliphatic heterocycles. The number of piperidine rings is 2. The van der Waals surface area contributed by atoms with Gasteiger partial charge in [0, 0.05) is 38.3 Å². The van der Waals surface area contributed by atoms with Crippen molar-refractivity contribution in [3.63, 3.8) is 0 Å². The highest BCUT2D eigenvalue weighted by molar-refractivity contribution is 6.29. The van der Waals surface area contributed by atoms with E-state index in [1.165, 1.54) is 18.2 Å². The molecular formula is C30H39ClFN5O5. The molecule has 0 bridgehead atoms. The molecule has 2 aliphatic rings. The molecule has 0 saturated carbocycles. The molecule has 42 heavy (non-hydrogen) atoms. The monoisotopic (exact) mass is 603 g/mol. The number of ether oxygens (including phenoxy) is 1. The summed E-state index contributed by atoms with van der Waals surface area (Å²) in [5.41, 5.74) is -1.12. The van der Waals surface area contributed by atoms with Gasteiger partial charge in [-0.15, -0.1) is 0 Å². The molecule has 0 radical (unpaired) electrons. The number of hydrogen-bond donors (Lipinski definition) is 1. The molecule has 12 heteroatoms. The molecular weight excluding hydrogens is 565 g/mol. The molecule has 0 aliphatic carbocycles. The summed E-state index contributed by atoms with van der Waals surface area (Å²) in [4.78, 5) is 44.1.